The number of nitrogens with two attached hydrogens (primary N) is 1. The molecule has 0 saturated heterocycles. The molecule has 0 bridgehead atoms. The minimum atomic E-state index is -0.570. The summed E-state index contributed by atoms with van der Waals surface area (Å²) in [7, 11) is 0. The van der Waals surface area contributed by atoms with Crippen LogP contribution in [0.1, 0.15) is 15.9 Å². The van der Waals surface area contributed by atoms with Crippen molar-refractivity contribution in [3.05, 3.63) is 62.8 Å². The molecule has 0 aliphatic heterocycles. The molecule has 20 heavy (non-hydrogen) atoms. The summed E-state index contributed by atoms with van der Waals surface area (Å²) in [5.74, 6) is -0.975. The van der Waals surface area contributed by atoms with Crippen molar-refractivity contribution in [3.63, 3.8) is 0 Å². The third-order valence-electron chi connectivity index (χ3n) is 2.45. The van der Waals surface area contributed by atoms with Crippen LogP contribution in [0.5, 0.6) is 0 Å². The summed E-state index contributed by atoms with van der Waals surface area (Å²) in [5.41, 5.74) is 6.77. The normalized spacial score (nSPS) is 10.3. The van der Waals surface area contributed by atoms with Crippen LogP contribution in [0.15, 0.2) is 40.9 Å². The Morgan fingerprint density at radius 3 is 2.65 bits per heavy atom. The Morgan fingerprint density at radius 2 is 2.00 bits per heavy atom. The Hall–Kier alpha value is -1.59. The topological polar surface area (TPSA) is 52.3 Å². The maximum absolute atomic E-state index is 13.2. The van der Waals surface area contributed by atoms with Crippen molar-refractivity contribution in [1.29, 1.82) is 0 Å². The summed E-state index contributed by atoms with van der Waals surface area (Å²) in [4.78, 5) is 11.9. The Kier molecular flexibility index (Phi) is 4.62. The molecule has 2 N–H and O–H groups in total. The van der Waals surface area contributed by atoms with Gasteiger partial charge in [0.1, 0.15) is 12.4 Å². The van der Waals surface area contributed by atoms with Gasteiger partial charge in [0.15, 0.2) is 0 Å². The molecule has 2 aromatic rings. The zero-order chi connectivity index (χ0) is 14.7. The van der Waals surface area contributed by atoms with Crippen LogP contribution >= 0.6 is 27.5 Å². The Labute approximate surface area is 128 Å². The first-order valence-electron chi connectivity index (χ1n) is 5.62. The minimum Gasteiger partial charge on any atom is -0.457 e. The molecule has 2 rings (SSSR count). The van der Waals surface area contributed by atoms with Crippen LogP contribution in [0, 0.1) is 5.82 Å². The molecule has 104 valence electrons. The molecule has 0 amide bonds. The summed E-state index contributed by atoms with van der Waals surface area (Å²) in [5, 5.41) is 0.352. The number of carbonyl (C=O) groups is 1. The lowest BCUT2D eigenvalue weighted by Gasteiger charge is -2.07. The highest BCUT2D eigenvalue weighted by atomic mass is 79.9. The molecule has 0 unspecified atom stereocenters. The van der Waals surface area contributed by atoms with E-state index < -0.39 is 11.8 Å². The number of hydrogen-bond acceptors (Lipinski definition) is 3. The standard InChI is InChI=1S/C14H10BrClFNO2/c15-10-1-8(2-12(17)5-10)7-20-14(19)9-3-11(16)6-13(18)4-9/h1-6H,7,18H2. The summed E-state index contributed by atoms with van der Waals surface area (Å²) in [6, 6.07) is 8.75. The smallest absolute Gasteiger partial charge is 0.338 e. The molecule has 0 heterocycles. The van der Waals surface area contributed by atoms with E-state index in [0.29, 0.717) is 20.7 Å². The number of ether oxygens (including phenoxy) is 1. The fourth-order valence-corrected chi connectivity index (χ4v) is 2.41. The van der Waals surface area contributed by atoms with E-state index in [9.17, 15) is 9.18 Å². The number of anilines is 1. The molecule has 3 nitrogen and oxygen atoms in total. The quantitative estimate of drug-likeness (QED) is 0.661. The van der Waals surface area contributed by atoms with Crippen molar-refractivity contribution in [2.24, 2.45) is 0 Å². The second-order valence-electron chi connectivity index (χ2n) is 4.13. The van der Waals surface area contributed by atoms with Crippen molar-refractivity contribution in [2.45, 2.75) is 6.61 Å². The highest BCUT2D eigenvalue weighted by Crippen LogP contribution is 2.19. The zero-order valence-electron chi connectivity index (χ0n) is 10.2. The maximum atomic E-state index is 13.2. The predicted octanol–water partition coefficient (Wildman–Crippen LogP) is 4.18. The number of rotatable bonds is 3. The van der Waals surface area contributed by atoms with Crippen LogP contribution < -0.4 is 5.73 Å². The van der Waals surface area contributed by atoms with Gasteiger partial charge in [-0.25, -0.2) is 9.18 Å². The van der Waals surface area contributed by atoms with E-state index in [1.807, 2.05) is 0 Å². The number of hydrogen-bond donors (Lipinski definition) is 1. The van der Waals surface area contributed by atoms with Crippen LogP contribution in [0.25, 0.3) is 0 Å². The third-order valence-corrected chi connectivity index (χ3v) is 3.12. The molecule has 0 saturated carbocycles. The molecule has 0 atom stereocenters. The fraction of sp³-hybridized carbons (Fsp3) is 0.0714. The van der Waals surface area contributed by atoms with Crippen molar-refractivity contribution in [1.82, 2.24) is 0 Å². The van der Waals surface area contributed by atoms with Gasteiger partial charge in [0.05, 0.1) is 5.56 Å². The minimum absolute atomic E-state index is 0.0401. The average Bonchev–Trinajstić information content (AvgIpc) is 2.33. The Bertz CT molecular complexity index is 623. The number of benzene rings is 2. The molecule has 0 fully saturated rings. The van der Waals surface area contributed by atoms with Gasteiger partial charge in [-0.1, -0.05) is 27.5 Å². The fourth-order valence-electron chi connectivity index (χ4n) is 1.66. The van der Waals surface area contributed by atoms with E-state index in [-0.39, 0.29) is 12.2 Å². The first kappa shape index (κ1) is 14.8. The summed E-state index contributed by atoms with van der Waals surface area (Å²) >= 11 is 8.98. The van der Waals surface area contributed by atoms with Crippen LogP contribution in [0.4, 0.5) is 10.1 Å². The van der Waals surface area contributed by atoms with E-state index in [4.69, 9.17) is 22.1 Å². The molecule has 0 aliphatic rings. The SMILES string of the molecule is Nc1cc(Cl)cc(C(=O)OCc2cc(F)cc(Br)c2)c1. The lowest BCUT2D eigenvalue weighted by atomic mass is 10.2. The highest BCUT2D eigenvalue weighted by Gasteiger charge is 2.10. The molecule has 0 spiro atoms. The monoisotopic (exact) mass is 357 g/mol. The third kappa shape index (κ3) is 3.95. The van der Waals surface area contributed by atoms with Crippen LogP contribution in [0.3, 0.4) is 0 Å². The van der Waals surface area contributed by atoms with E-state index in [1.54, 1.807) is 6.07 Å². The van der Waals surface area contributed by atoms with E-state index >= 15 is 0 Å². The number of halogens is 3. The average molecular weight is 359 g/mol. The van der Waals surface area contributed by atoms with Gasteiger partial charge in [0, 0.05) is 15.2 Å². The maximum Gasteiger partial charge on any atom is 0.338 e. The first-order chi connectivity index (χ1) is 9.44. The summed E-state index contributed by atoms with van der Waals surface area (Å²) in [6.07, 6.45) is 0. The molecule has 6 heteroatoms. The summed E-state index contributed by atoms with van der Waals surface area (Å²) < 4.78 is 18.8. The number of esters is 1. The van der Waals surface area contributed by atoms with Gasteiger partial charge in [-0.15, -0.1) is 0 Å². The lowest BCUT2D eigenvalue weighted by Crippen LogP contribution is -2.06. The highest BCUT2D eigenvalue weighted by molar-refractivity contribution is 9.10. The first-order valence-corrected chi connectivity index (χ1v) is 6.79. The second kappa shape index (κ2) is 6.24. The van der Waals surface area contributed by atoms with Crippen molar-refractivity contribution in [2.75, 3.05) is 5.73 Å². The second-order valence-corrected chi connectivity index (χ2v) is 5.48. The van der Waals surface area contributed by atoms with Gasteiger partial charge in [-0.05, 0) is 42.0 Å². The van der Waals surface area contributed by atoms with E-state index in [1.165, 1.54) is 30.3 Å². The van der Waals surface area contributed by atoms with Crippen molar-refractivity contribution < 1.29 is 13.9 Å². The van der Waals surface area contributed by atoms with Crippen LogP contribution in [0.2, 0.25) is 5.02 Å². The van der Waals surface area contributed by atoms with E-state index in [0.717, 1.165) is 0 Å². The lowest BCUT2D eigenvalue weighted by molar-refractivity contribution is 0.0472. The Balaban J connectivity index is 2.08. The van der Waals surface area contributed by atoms with Gasteiger partial charge in [0.2, 0.25) is 0 Å². The van der Waals surface area contributed by atoms with E-state index in [2.05, 4.69) is 15.9 Å². The van der Waals surface area contributed by atoms with Gasteiger partial charge >= 0.3 is 5.97 Å². The molecular weight excluding hydrogens is 349 g/mol. The van der Waals surface area contributed by atoms with Crippen molar-refractivity contribution in [3.8, 4) is 0 Å². The molecule has 0 aromatic heterocycles. The largest absolute Gasteiger partial charge is 0.457 e. The Morgan fingerprint density at radius 1 is 1.25 bits per heavy atom. The van der Waals surface area contributed by atoms with Gasteiger partial charge in [-0.3, -0.25) is 0 Å². The molecule has 2 aromatic carbocycles. The molecular formula is C14H10BrClFNO2. The van der Waals surface area contributed by atoms with Gasteiger partial charge < -0.3 is 10.5 Å². The predicted molar refractivity (Wildman–Crippen MR) is 79.1 cm³/mol. The molecule has 0 radical (unpaired) electrons. The van der Waals surface area contributed by atoms with Crippen molar-refractivity contribution >= 4 is 39.2 Å². The number of nitrogen functional groups attached to an aromatic ring is 1. The van der Waals surface area contributed by atoms with Gasteiger partial charge in [0.25, 0.3) is 0 Å². The van der Waals surface area contributed by atoms with Crippen LogP contribution in [-0.2, 0) is 11.3 Å². The van der Waals surface area contributed by atoms with Gasteiger partial charge in [-0.2, -0.15) is 0 Å². The summed E-state index contributed by atoms with van der Waals surface area (Å²) in [6.45, 7) is -0.0401. The molecule has 0 aliphatic carbocycles. The number of carbonyl (C=O) groups excluding carboxylic acids is 1. The van der Waals surface area contributed by atoms with Crippen LogP contribution in [-0.4, -0.2) is 5.97 Å². The zero-order valence-corrected chi connectivity index (χ0v) is 12.5.